The molecular weight excluding hydrogens is 240 g/mol. The van der Waals surface area contributed by atoms with Crippen molar-refractivity contribution >= 4 is 17.6 Å². The first kappa shape index (κ1) is 13.0. The van der Waals surface area contributed by atoms with Gasteiger partial charge in [-0.15, -0.1) is 0 Å². The van der Waals surface area contributed by atoms with Gasteiger partial charge in [0.25, 0.3) is 0 Å². The third kappa shape index (κ3) is 3.25. The predicted molar refractivity (Wildman–Crippen MR) is 77.7 cm³/mol. The first-order valence-electron chi connectivity index (χ1n) is 5.84. The molecule has 4 nitrogen and oxygen atoms in total. The number of nitrogens with two attached hydrogens (primary N) is 1. The number of rotatable bonds is 4. The number of methoxy groups -OCH3 is 2. The minimum absolute atomic E-state index is 0.680. The Balaban J connectivity index is 2.23. The second kappa shape index (κ2) is 5.91. The normalized spacial score (nSPS) is 10.6. The van der Waals surface area contributed by atoms with Crippen molar-refractivity contribution in [3.8, 4) is 11.5 Å². The van der Waals surface area contributed by atoms with Gasteiger partial charge in [0, 0.05) is 11.9 Å². The molecule has 0 saturated carbocycles. The highest BCUT2D eigenvalue weighted by molar-refractivity contribution is 5.83. The summed E-state index contributed by atoms with van der Waals surface area (Å²) in [5, 5.41) is 0. The van der Waals surface area contributed by atoms with E-state index in [0.717, 1.165) is 11.3 Å². The Morgan fingerprint density at radius 2 is 1.79 bits per heavy atom. The van der Waals surface area contributed by atoms with E-state index in [9.17, 15) is 0 Å². The standard InChI is InChI=1S/C15H16N2O2/c1-18-14-7-6-11(8-15(14)19-2)10-17-13-5-3-4-12(16)9-13/h3-10H,16H2,1-2H3. The zero-order valence-electron chi connectivity index (χ0n) is 11.0. The molecule has 0 aliphatic rings. The van der Waals surface area contributed by atoms with Gasteiger partial charge in [-0.25, -0.2) is 0 Å². The number of nitrogens with zero attached hydrogens (tertiary/aromatic N) is 1. The molecule has 0 amide bonds. The van der Waals surface area contributed by atoms with Crippen molar-refractivity contribution < 1.29 is 9.47 Å². The number of aliphatic imine (C=N–C) groups is 1. The molecule has 2 N–H and O–H groups in total. The van der Waals surface area contributed by atoms with Gasteiger partial charge in [0.05, 0.1) is 19.9 Å². The molecule has 98 valence electrons. The van der Waals surface area contributed by atoms with Crippen molar-refractivity contribution in [2.24, 2.45) is 4.99 Å². The van der Waals surface area contributed by atoms with Gasteiger partial charge in [-0.2, -0.15) is 0 Å². The Hall–Kier alpha value is -2.49. The molecule has 0 fully saturated rings. The molecule has 0 unspecified atom stereocenters. The van der Waals surface area contributed by atoms with Crippen molar-refractivity contribution in [1.82, 2.24) is 0 Å². The summed E-state index contributed by atoms with van der Waals surface area (Å²) in [7, 11) is 3.22. The van der Waals surface area contributed by atoms with Gasteiger partial charge in [-0.3, -0.25) is 4.99 Å². The summed E-state index contributed by atoms with van der Waals surface area (Å²) in [5.41, 5.74) is 8.14. The molecule has 2 aromatic carbocycles. The molecule has 4 heteroatoms. The van der Waals surface area contributed by atoms with E-state index in [1.807, 2.05) is 42.5 Å². The summed E-state index contributed by atoms with van der Waals surface area (Å²) < 4.78 is 10.4. The molecule has 0 aromatic heterocycles. The van der Waals surface area contributed by atoms with Crippen LogP contribution in [-0.4, -0.2) is 20.4 Å². The molecule has 0 bridgehead atoms. The molecule has 2 rings (SSSR count). The first-order chi connectivity index (χ1) is 9.22. The van der Waals surface area contributed by atoms with Crippen LogP contribution in [0.5, 0.6) is 11.5 Å². The lowest BCUT2D eigenvalue weighted by molar-refractivity contribution is 0.355. The van der Waals surface area contributed by atoms with E-state index in [2.05, 4.69) is 4.99 Å². The van der Waals surface area contributed by atoms with Gasteiger partial charge in [0.1, 0.15) is 0 Å². The molecule has 19 heavy (non-hydrogen) atoms. The van der Waals surface area contributed by atoms with Crippen LogP contribution in [0.25, 0.3) is 0 Å². The topological polar surface area (TPSA) is 56.8 Å². The monoisotopic (exact) mass is 256 g/mol. The van der Waals surface area contributed by atoms with Gasteiger partial charge in [0.15, 0.2) is 11.5 Å². The summed E-state index contributed by atoms with van der Waals surface area (Å²) in [5.74, 6) is 1.38. The van der Waals surface area contributed by atoms with E-state index < -0.39 is 0 Å². The maximum absolute atomic E-state index is 5.70. The summed E-state index contributed by atoms with van der Waals surface area (Å²) in [4.78, 5) is 4.37. The fourth-order valence-corrected chi connectivity index (χ4v) is 1.69. The van der Waals surface area contributed by atoms with E-state index in [1.54, 1.807) is 20.4 Å². The van der Waals surface area contributed by atoms with Crippen LogP contribution in [0.2, 0.25) is 0 Å². The van der Waals surface area contributed by atoms with Gasteiger partial charge in [-0.1, -0.05) is 6.07 Å². The number of anilines is 1. The van der Waals surface area contributed by atoms with Gasteiger partial charge in [0.2, 0.25) is 0 Å². The Morgan fingerprint density at radius 3 is 2.47 bits per heavy atom. The van der Waals surface area contributed by atoms with Crippen LogP contribution in [0.4, 0.5) is 11.4 Å². The van der Waals surface area contributed by atoms with E-state index in [-0.39, 0.29) is 0 Å². The quantitative estimate of drug-likeness (QED) is 0.675. The molecular formula is C15H16N2O2. The number of hydrogen-bond donors (Lipinski definition) is 1. The molecule has 0 heterocycles. The van der Waals surface area contributed by atoms with Crippen molar-refractivity contribution in [1.29, 1.82) is 0 Å². The molecule has 0 aliphatic carbocycles. The second-order valence-corrected chi connectivity index (χ2v) is 3.97. The Labute approximate surface area is 112 Å². The van der Waals surface area contributed by atoms with E-state index in [4.69, 9.17) is 15.2 Å². The lowest BCUT2D eigenvalue weighted by atomic mass is 10.2. The minimum atomic E-state index is 0.680. The molecule has 0 saturated heterocycles. The van der Waals surface area contributed by atoms with Gasteiger partial charge in [-0.05, 0) is 42.0 Å². The number of hydrogen-bond acceptors (Lipinski definition) is 4. The van der Waals surface area contributed by atoms with E-state index >= 15 is 0 Å². The molecule has 0 aliphatic heterocycles. The summed E-state index contributed by atoms with van der Waals surface area (Å²) in [6, 6.07) is 13.0. The third-order valence-electron chi connectivity index (χ3n) is 2.64. The zero-order valence-corrected chi connectivity index (χ0v) is 11.0. The minimum Gasteiger partial charge on any atom is -0.493 e. The highest BCUT2D eigenvalue weighted by atomic mass is 16.5. The van der Waals surface area contributed by atoms with Crippen LogP contribution in [-0.2, 0) is 0 Å². The molecule has 0 radical (unpaired) electrons. The average molecular weight is 256 g/mol. The van der Waals surface area contributed by atoms with E-state index in [0.29, 0.717) is 17.2 Å². The zero-order chi connectivity index (χ0) is 13.7. The van der Waals surface area contributed by atoms with Crippen LogP contribution < -0.4 is 15.2 Å². The lowest BCUT2D eigenvalue weighted by Gasteiger charge is -2.07. The van der Waals surface area contributed by atoms with Crippen molar-refractivity contribution in [2.75, 3.05) is 20.0 Å². The fraction of sp³-hybridized carbons (Fsp3) is 0.133. The number of nitrogen functional groups attached to an aromatic ring is 1. The highest BCUT2D eigenvalue weighted by Crippen LogP contribution is 2.27. The second-order valence-electron chi connectivity index (χ2n) is 3.97. The number of ether oxygens (including phenoxy) is 2. The maximum atomic E-state index is 5.70. The van der Waals surface area contributed by atoms with Crippen molar-refractivity contribution in [2.45, 2.75) is 0 Å². The lowest BCUT2D eigenvalue weighted by Crippen LogP contribution is -1.92. The average Bonchev–Trinajstić information content (AvgIpc) is 2.45. The van der Waals surface area contributed by atoms with Crippen LogP contribution in [0.15, 0.2) is 47.5 Å². The maximum Gasteiger partial charge on any atom is 0.161 e. The number of benzene rings is 2. The third-order valence-corrected chi connectivity index (χ3v) is 2.64. The van der Waals surface area contributed by atoms with Crippen molar-refractivity contribution in [3.05, 3.63) is 48.0 Å². The van der Waals surface area contributed by atoms with Crippen LogP contribution in [0.1, 0.15) is 5.56 Å². The first-order valence-corrected chi connectivity index (χ1v) is 5.84. The summed E-state index contributed by atoms with van der Waals surface area (Å²) >= 11 is 0. The molecule has 2 aromatic rings. The van der Waals surface area contributed by atoms with E-state index in [1.165, 1.54) is 0 Å². The Bertz CT molecular complexity index is 594. The Morgan fingerprint density at radius 1 is 1.00 bits per heavy atom. The van der Waals surface area contributed by atoms with Gasteiger partial charge >= 0.3 is 0 Å². The fourth-order valence-electron chi connectivity index (χ4n) is 1.69. The van der Waals surface area contributed by atoms with Crippen LogP contribution in [0, 0.1) is 0 Å². The smallest absolute Gasteiger partial charge is 0.161 e. The molecule has 0 spiro atoms. The summed E-state index contributed by atoms with van der Waals surface area (Å²) in [6.45, 7) is 0. The highest BCUT2D eigenvalue weighted by Gasteiger charge is 2.02. The van der Waals surface area contributed by atoms with Crippen molar-refractivity contribution in [3.63, 3.8) is 0 Å². The van der Waals surface area contributed by atoms with Crippen LogP contribution in [0.3, 0.4) is 0 Å². The SMILES string of the molecule is COc1ccc(C=Nc2cccc(N)c2)cc1OC. The van der Waals surface area contributed by atoms with Crippen LogP contribution >= 0.6 is 0 Å². The van der Waals surface area contributed by atoms with Gasteiger partial charge < -0.3 is 15.2 Å². The molecule has 0 atom stereocenters. The largest absolute Gasteiger partial charge is 0.493 e. The predicted octanol–water partition coefficient (Wildman–Crippen LogP) is 3.04. The Kier molecular flexibility index (Phi) is 4.03. The summed E-state index contributed by atoms with van der Waals surface area (Å²) in [6.07, 6.45) is 1.76.